The number of alkyl halides is 3. The van der Waals surface area contributed by atoms with Crippen LogP contribution in [-0.4, -0.2) is 5.91 Å². The SMILES string of the molecule is O=C(C=Cc1ccc(OCc2ccccc2)cc1)Nc1ccc(Cl)c(C(F)(F)F)c1. The van der Waals surface area contributed by atoms with Gasteiger partial charge in [0.05, 0.1) is 10.6 Å². The number of amides is 1. The van der Waals surface area contributed by atoms with Crippen LogP contribution < -0.4 is 10.1 Å². The van der Waals surface area contributed by atoms with Gasteiger partial charge in [0.25, 0.3) is 0 Å². The summed E-state index contributed by atoms with van der Waals surface area (Å²) in [5.74, 6) is 0.121. The van der Waals surface area contributed by atoms with Gasteiger partial charge in [0.1, 0.15) is 12.4 Å². The lowest BCUT2D eigenvalue weighted by atomic mass is 10.2. The van der Waals surface area contributed by atoms with Crippen LogP contribution in [0.5, 0.6) is 5.75 Å². The number of halogens is 4. The lowest BCUT2D eigenvalue weighted by Crippen LogP contribution is -2.11. The van der Waals surface area contributed by atoms with Crippen molar-refractivity contribution in [1.29, 1.82) is 0 Å². The molecule has 1 N–H and O–H groups in total. The van der Waals surface area contributed by atoms with Crippen molar-refractivity contribution in [2.45, 2.75) is 12.8 Å². The van der Waals surface area contributed by atoms with E-state index >= 15 is 0 Å². The zero-order chi connectivity index (χ0) is 21.6. The smallest absolute Gasteiger partial charge is 0.417 e. The summed E-state index contributed by atoms with van der Waals surface area (Å²) in [4.78, 5) is 12.0. The molecule has 0 atom stereocenters. The largest absolute Gasteiger partial charge is 0.489 e. The van der Waals surface area contributed by atoms with Gasteiger partial charge in [-0.15, -0.1) is 0 Å². The third kappa shape index (κ3) is 6.12. The first-order valence-corrected chi connectivity index (χ1v) is 9.32. The highest BCUT2D eigenvalue weighted by atomic mass is 35.5. The highest BCUT2D eigenvalue weighted by Gasteiger charge is 2.33. The Hall–Kier alpha value is -3.25. The average Bonchev–Trinajstić information content (AvgIpc) is 2.73. The molecule has 1 amide bonds. The van der Waals surface area contributed by atoms with Gasteiger partial charge < -0.3 is 10.1 Å². The number of carbonyl (C=O) groups is 1. The predicted molar refractivity (Wildman–Crippen MR) is 111 cm³/mol. The molecule has 3 nitrogen and oxygen atoms in total. The Morgan fingerprint density at radius 3 is 2.37 bits per heavy atom. The first-order chi connectivity index (χ1) is 14.3. The van der Waals surface area contributed by atoms with Crippen molar-refractivity contribution in [3.8, 4) is 5.75 Å². The first kappa shape index (κ1) is 21.5. The Kier molecular flexibility index (Phi) is 6.79. The molecule has 0 aliphatic carbocycles. The molecule has 0 aliphatic heterocycles. The molecule has 3 aromatic rings. The number of anilines is 1. The van der Waals surface area contributed by atoms with Gasteiger partial charge in [-0.05, 0) is 47.5 Å². The van der Waals surface area contributed by atoms with E-state index in [4.69, 9.17) is 16.3 Å². The second-order valence-corrected chi connectivity index (χ2v) is 6.77. The van der Waals surface area contributed by atoms with E-state index in [9.17, 15) is 18.0 Å². The molecule has 154 valence electrons. The Labute approximate surface area is 176 Å². The fraction of sp³-hybridized carbons (Fsp3) is 0.0870. The number of carbonyl (C=O) groups excluding carboxylic acids is 1. The summed E-state index contributed by atoms with van der Waals surface area (Å²) >= 11 is 5.57. The number of nitrogens with one attached hydrogen (secondary N) is 1. The van der Waals surface area contributed by atoms with Gasteiger partial charge in [0, 0.05) is 11.8 Å². The Balaban J connectivity index is 1.57. The normalized spacial score (nSPS) is 11.5. The van der Waals surface area contributed by atoms with Crippen LogP contribution in [0.2, 0.25) is 5.02 Å². The molecular formula is C23H17ClF3NO2. The molecule has 0 spiro atoms. The Morgan fingerprint density at radius 1 is 1.00 bits per heavy atom. The number of benzene rings is 3. The summed E-state index contributed by atoms with van der Waals surface area (Å²) in [7, 11) is 0. The number of ether oxygens (including phenoxy) is 1. The zero-order valence-corrected chi connectivity index (χ0v) is 16.4. The quantitative estimate of drug-likeness (QED) is 0.447. The molecule has 30 heavy (non-hydrogen) atoms. The summed E-state index contributed by atoms with van der Waals surface area (Å²) in [5.41, 5.74) is 0.793. The maximum atomic E-state index is 12.9. The highest BCUT2D eigenvalue weighted by molar-refractivity contribution is 6.31. The Bertz CT molecular complexity index is 1030. The van der Waals surface area contributed by atoms with E-state index < -0.39 is 22.7 Å². The summed E-state index contributed by atoms with van der Waals surface area (Å²) < 4.78 is 44.4. The lowest BCUT2D eigenvalue weighted by Gasteiger charge is -2.11. The van der Waals surface area contributed by atoms with Crippen LogP contribution in [0, 0.1) is 0 Å². The van der Waals surface area contributed by atoms with Crippen LogP contribution >= 0.6 is 11.6 Å². The van der Waals surface area contributed by atoms with Crippen LogP contribution in [0.25, 0.3) is 6.08 Å². The standard InChI is InChI=1S/C23H17ClF3NO2/c24-21-12-9-18(14-20(21)23(25,26)27)28-22(29)13-8-16-6-10-19(11-7-16)30-15-17-4-2-1-3-5-17/h1-14H,15H2,(H,28,29). The molecule has 0 unspecified atom stereocenters. The second-order valence-electron chi connectivity index (χ2n) is 6.36. The maximum Gasteiger partial charge on any atom is 0.417 e. The van der Waals surface area contributed by atoms with Gasteiger partial charge in [0.15, 0.2) is 0 Å². The van der Waals surface area contributed by atoms with Crippen LogP contribution in [0.4, 0.5) is 18.9 Å². The number of hydrogen-bond donors (Lipinski definition) is 1. The van der Waals surface area contributed by atoms with Crippen LogP contribution in [-0.2, 0) is 17.6 Å². The first-order valence-electron chi connectivity index (χ1n) is 8.94. The highest BCUT2D eigenvalue weighted by Crippen LogP contribution is 2.36. The predicted octanol–water partition coefficient (Wildman–Crippen LogP) is 6.59. The molecule has 0 fully saturated rings. The van der Waals surface area contributed by atoms with E-state index in [2.05, 4.69) is 5.32 Å². The van der Waals surface area contributed by atoms with Crippen molar-refractivity contribution in [2.75, 3.05) is 5.32 Å². The minimum Gasteiger partial charge on any atom is -0.489 e. The molecule has 0 bridgehead atoms. The van der Waals surface area contributed by atoms with Crippen molar-refractivity contribution < 1.29 is 22.7 Å². The molecular weight excluding hydrogens is 415 g/mol. The molecule has 7 heteroatoms. The molecule has 0 saturated heterocycles. The van der Waals surface area contributed by atoms with Crippen LogP contribution in [0.3, 0.4) is 0 Å². The fourth-order valence-electron chi connectivity index (χ4n) is 2.59. The molecule has 0 saturated carbocycles. The van der Waals surface area contributed by atoms with Crippen molar-refractivity contribution in [3.63, 3.8) is 0 Å². The number of rotatable bonds is 6. The summed E-state index contributed by atoms with van der Waals surface area (Å²) in [6.45, 7) is 0.444. The van der Waals surface area contributed by atoms with Crippen molar-refractivity contribution in [1.82, 2.24) is 0 Å². The average molecular weight is 432 g/mol. The van der Waals surface area contributed by atoms with E-state index in [-0.39, 0.29) is 5.69 Å². The van der Waals surface area contributed by atoms with Gasteiger partial charge in [-0.1, -0.05) is 54.1 Å². The molecule has 3 aromatic carbocycles. The van der Waals surface area contributed by atoms with E-state index in [0.29, 0.717) is 12.4 Å². The molecule has 0 aliphatic rings. The van der Waals surface area contributed by atoms with Crippen molar-refractivity contribution >= 4 is 29.3 Å². The lowest BCUT2D eigenvalue weighted by molar-refractivity contribution is -0.137. The Morgan fingerprint density at radius 2 is 1.70 bits per heavy atom. The van der Waals surface area contributed by atoms with Gasteiger partial charge in [-0.2, -0.15) is 13.2 Å². The third-order valence-corrected chi connectivity index (χ3v) is 4.42. The van der Waals surface area contributed by atoms with Crippen LogP contribution in [0.15, 0.2) is 78.9 Å². The molecule has 3 rings (SSSR count). The molecule has 0 radical (unpaired) electrons. The van der Waals surface area contributed by atoms with Crippen LogP contribution in [0.1, 0.15) is 16.7 Å². The van der Waals surface area contributed by atoms with Gasteiger partial charge in [-0.25, -0.2) is 0 Å². The van der Waals surface area contributed by atoms with E-state index in [1.807, 2.05) is 30.3 Å². The summed E-state index contributed by atoms with van der Waals surface area (Å²) in [6.07, 6.45) is -1.81. The third-order valence-electron chi connectivity index (χ3n) is 4.09. The number of hydrogen-bond acceptors (Lipinski definition) is 2. The molecule has 0 heterocycles. The van der Waals surface area contributed by atoms with E-state index in [1.165, 1.54) is 12.1 Å². The summed E-state index contributed by atoms with van der Waals surface area (Å²) in [5, 5.41) is 1.97. The van der Waals surface area contributed by atoms with E-state index in [1.54, 1.807) is 30.3 Å². The molecule has 0 aromatic heterocycles. The zero-order valence-electron chi connectivity index (χ0n) is 15.6. The van der Waals surface area contributed by atoms with Gasteiger partial charge in [0.2, 0.25) is 5.91 Å². The minimum absolute atomic E-state index is 0.00559. The minimum atomic E-state index is -4.60. The van der Waals surface area contributed by atoms with Crippen molar-refractivity contribution in [3.05, 3.63) is 101 Å². The van der Waals surface area contributed by atoms with Gasteiger partial charge in [-0.3, -0.25) is 4.79 Å². The topological polar surface area (TPSA) is 38.3 Å². The second kappa shape index (κ2) is 9.50. The van der Waals surface area contributed by atoms with Gasteiger partial charge >= 0.3 is 6.18 Å². The van der Waals surface area contributed by atoms with Crippen molar-refractivity contribution in [2.24, 2.45) is 0 Å². The van der Waals surface area contributed by atoms with E-state index in [0.717, 1.165) is 23.3 Å². The maximum absolute atomic E-state index is 12.9. The fourth-order valence-corrected chi connectivity index (χ4v) is 2.82. The summed E-state index contributed by atoms with van der Waals surface area (Å²) in [6, 6.07) is 20.0. The monoisotopic (exact) mass is 431 g/mol.